The number of nitrogens with zero attached hydrogens (tertiary/aromatic N) is 3. The van der Waals surface area contributed by atoms with Gasteiger partial charge in [0.05, 0.1) is 11.5 Å². The second kappa shape index (κ2) is 7.35. The van der Waals surface area contributed by atoms with Gasteiger partial charge >= 0.3 is 6.18 Å². The van der Waals surface area contributed by atoms with Gasteiger partial charge in [0.1, 0.15) is 0 Å². The predicted octanol–water partition coefficient (Wildman–Crippen LogP) is 4.58. The van der Waals surface area contributed by atoms with E-state index in [4.69, 9.17) is 4.52 Å². The summed E-state index contributed by atoms with van der Waals surface area (Å²) in [4.78, 5) is 18.3. The molecule has 1 aromatic heterocycles. The molecule has 2 aromatic carbocycles. The summed E-state index contributed by atoms with van der Waals surface area (Å²) in [5, 5.41) is 3.81. The molecule has 2 heterocycles. The Morgan fingerprint density at radius 3 is 2.66 bits per heavy atom. The number of carbonyl (C=O) groups excluding carboxylic acids is 1. The van der Waals surface area contributed by atoms with Gasteiger partial charge < -0.3 is 9.42 Å². The van der Waals surface area contributed by atoms with E-state index in [1.807, 2.05) is 31.2 Å². The van der Waals surface area contributed by atoms with E-state index in [0.29, 0.717) is 13.1 Å². The summed E-state index contributed by atoms with van der Waals surface area (Å²) in [5.74, 6) is 0.0436. The molecule has 1 saturated heterocycles. The number of aryl methyl sites for hydroxylation is 1. The van der Waals surface area contributed by atoms with Gasteiger partial charge in [-0.2, -0.15) is 18.2 Å². The van der Waals surface area contributed by atoms with E-state index in [0.717, 1.165) is 23.3 Å². The van der Waals surface area contributed by atoms with Gasteiger partial charge in [-0.25, -0.2) is 0 Å². The number of hydrogen-bond acceptors (Lipinski definition) is 4. The van der Waals surface area contributed by atoms with Crippen LogP contribution in [0.4, 0.5) is 13.2 Å². The normalized spacial score (nSPS) is 17.2. The van der Waals surface area contributed by atoms with Crippen LogP contribution in [0.3, 0.4) is 0 Å². The van der Waals surface area contributed by atoms with E-state index in [9.17, 15) is 18.0 Å². The second-order valence-corrected chi connectivity index (χ2v) is 7.20. The molecular formula is C21H18F3N3O2. The summed E-state index contributed by atoms with van der Waals surface area (Å²) in [6.45, 7) is 2.92. The zero-order valence-corrected chi connectivity index (χ0v) is 15.6. The van der Waals surface area contributed by atoms with Crippen molar-refractivity contribution in [3.05, 3.63) is 71.1 Å². The Labute approximate surface area is 165 Å². The molecule has 0 spiro atoms. The lowest BCUT2D eigenvalue weighted by Gasteiger charge is -2.16. The third-order valence-corrected chi connectivity index (χ3v) is 4.95. The van der Waals surface area contributed by atoms with Crippen molar-refractivity contribution >= 4 is 5.91 Å². The standard InChI is InChI=1S/C21H18F3N3O2/c1-13-5-7-14(8-6-13)11-27-12-16(10-18(27)28)20-25-19(26-29-20)15-3-2-4-17(9-15)21(22,23)24/h2-9,16H,10-12H2,1H3. The number of likely N-dealkylation sites (tertiary alicyclic amines) is 1. The molecule has 3 aromatic rings. The number of halogens is 3. The fourth-order valence-corrected chi connectivity index (χ4v) is 3.36. The first-order valence-electron chi connectivity index (χ1n) is 9.14. The van der Waals surface area contributed by atoms with E-state index in [1.165, 1.54) is 12.1 Å². The van der Waals surface area contributed by atoms with Crippen molar-refractivity contribution < 1.29 is 22.5 Å². The molecule has 1 unspecified atom stereocenters. The molecule has 5 nitrogen and oxygen atoms in total. The molecule has 1 aliphatic rings. The molecule has 1 amide bonds. The summed E-state index contributed by atoms with van der Waals surface area (Å²) in [6, 6.07) is 12.7. The zero-order valence-electron chi connectivity index (χ0n) is 15.6. The number of aromatic nitrogens is 2. The number of hydrogen-bond donors (Lipinski definition) is 0. The maximum Gasteiger partial charge on any atom is 0.416 e. The molecular weight excluding hydrogens is 383 g/mol. The first-order valence-corrected chi connectivity index (χ1v) is 9.14. The number of carbonyl (C=O) groups is 1. The van der Waals surface area contributed by atoms with Crippen LogP contribution in [-0.2, 0) is 17.5 Å². The third-order valence-electron chi connectivity index (χ3n) is 4.95. The highest BCUT2D eigenvalue weighted by Gasteiger charge is 2.35. The van der Waals surface area contributed by atoms with Crippen LogP contribution < -0.4 is 0 Å². The zero-order chi connectivity index (χ0) is 20.6. The van der Waals surface area contributed by atoms with Gasteiger partial charge in [0.2, 0.25) is 17.6 Å². The highest BCUT2D eigenvalue weighted by Crippen LogP contribution is 2.33. The maximum atomic E-state index is 12.9. The van der Waals surface area contributed by atoms with Gasteiger partial charge in [0, 0.05) is 25.1 Å². The highest BCUT2D eigenvalue weighted by molar-refractivity contribution is 5.79. The van der Waals surface area contributed by atoms with Crippen LogP contribution in [0.5, 0.6) is 0 Å². The van der Waals surface area contributed by atoms with Gasteiger partial charge in [0.25, 0.3) is 0 Å². The number of benzene rings is 2. The van der Waals surface area contributed by atoms with E-state index in [-0.39, 0.29) is 35.5 Å². The Hall–Kier alpha value is -3.16. The molecule has 1 fully saturated rings. The summed E-state index contributed by atoms with van der Waals surface area (Å²) in [6.07, 6.45) is -4.22. The monoisotopic (exact) mass is 401 g/mol. The van der Waals surface area contributed by atoms with Crippen molar-refractivity contribution in [2.75, 3.05) is 6.54 Å². The van der Waals surface area contributed by atoms with Gasteiger partial charge in [-0.1, -0.05) is 47.1 Å². The molecule has 8 heteroatoms. The van der Waals surface area contributed by atoms with Crippen molar-refractivity contribution in [1.29, 1.82) is 0 Å². The van der Waals surface area contributed by atoms with E-state index >= 15 is 0 Å². The Morgan fingerprint density at radius 2 is 1.93 bits per heavy atom. The van der Waals surface area contributed by atoms with Crippen LogP contribution in [-0.4, -0.2) is 27.5 Å². The van der Waals surface area contributed by atoms with Crippen LogP contribution in [0.1, 0.15) is 34.9 Å². The quantitative estimate of drug-likeness (QED) is 0.642. The number of amides is 1. The molecule has 0 radical (unpaired) electrons. The topological polar surface area (TPSA) is 59.2 Å². The van der Waals surface area contributed by atoms with Crippen molar-refractivity contribution in [3.8, 4) is 11.4 Å². The van der Waals surface area contributed by atoms with Crippen LogP contribution >= 0.6 is 0 Å². The highest BCUT2D eigenvalue weighted by atomic mass is 19.4. The smallest absolute Gasteiger partial charge is 0.339 e. The minimum Gasteiger partial charge on any atom is -0.339 e. The van der Waals surface area contributed by atoms with Gasteiger partial charge in [-0.3, -0.25) is 4.79 Å². The van der Waals surface area contributed by atoms with E-state index < -0.39 is 11.7 Å². The average molecular weight is 401 g/mol. The number of alkyl halides is 3. The Balaban J connectivity index is 1.49. The van der Waals surface area contributed by atoms with Gasteiger partial charge in [0.15, 0.2) is 0 Å². The molecule has 0 saturated carbocycles. The lowest BCUT2D eigenvalue weighted by Crippen LogP contribution is -2.24. The maximum absolute atomic E-state index is 12.9. The lowest BCUT2D eigenvalue weighted by molar-refractivity contribution is -0.137. The van der Waals surface area contributed by atoms with Crippen molar-refractivity contribution in [1.82, 2.24) is 15.0 Å². The van der Waals surface area contributed by atoms with Crippen LogP contribution in [0, 0.1) is 6.92 Å². The van der Waals surface area contributed by atoms with Crippen LogP contribution in [0.2, 0.25) is 0 Å². The van der Waals surface area contributed by atoms with Crippen molar-refractivity contribution in [3.63, 3.8) is 0 Å². The Kier molecular flexibility index (Phi) is 4.86. The largest absolute Gasteiger partial charge is 0.416 e. The number of rotatable bonds is 4. The van der Waals surface area contributed by atoms with Crippen molar-refractivity contribution in [2.24, 2.45) is 0 Å². The summed E-state index contributed by atoms with van der Waals surface area (Å²) >= 11 is 0. The first kappa shape index (κ1) is 19.2. The van der Waals surface area contributed by atoms with E-state index in [1.54, 1.807) is 4.90 Å². The minimum absolute atomic E-state index is 0.0191. The Morgan fingerprint density at radius 1 is 1.17 bits per heavy atom. The van der Waals surface area contributed by atoms with Crippen LogP contribution in [0.25, 0.3) is 11.4 Å². The molecule has 29 heavy (non-hydrogen) atoms. The molecule has 0 N–H and O–H groups in total. The molecule has 1 aliphatic heterocycles. The Bertz CT molecular complexity index is 1030. The predicted molar refractivity (Wildman–Crippen MR) is 98.7 cm³/mol. The van der Waals surface area contributed by atoms with E-state index in [2.05, 4.69) is 10.1 Å². The molecule has 1 atom stereocenters. The summed E-state index contributed by atoms with van der Waals surface area (Å²) < 4.78 is 44.0. The summed E-state index contributed by atoms with van der Waals surface area (Å²) in [7, 11) is 0. The molecule has 150 valence electrons. The second-order valence-electron chi connectivity index (χ2n) is 7.20. The third kappa shape index (κ3) is 4.16. The molecule has 4 rings (SSSR count). The fraction of sp³-hybridized carbons (Fsp3) is 0.286. The molecule has 0 aliphatic carbocycles. The fourth-order valence-electron chi connectivity index (χ4n) is 3.36. The molecule has 0 bridgehead atoms. The van der Waals surface area contributed by atoms with Crippen LogP contribution in [0.15, 0.2) is 53.1 Å². The lowest BCUT2D eigenvalue weighted by atomic mass is 10.1. The first-order chi connectivity index (χ1) is 13.8. The van der Waals surface area contributed by atoms with Crippen molar-refractivity contribution in [2.45, 2.75) is 32.0 Å². The summed E-state index contributed by atoms with van der Waals surface area (Å²) in [5.41, 5.74) is 1.62. The van der Waals surface area contributed by atoms with Gasteiger partial charge in [-0.05, 0) is 24.6 Å². The van der Waals surface area contributed by atoms with Gasteiger partial charge in [-0.15, -0.1) is 0 Å². The SMILES string of the molecule is Cc1ccc(CN2CC(c3nc(-c4cccc(C(F)(F)F)c4)no3)CC2=O)cc1. The average Bonchev–Trinajstić information content (AvgIpc) is 3.30. The minimum atomic E-state index is -4.45.